The van der Waals surface area contributed by atoms with Crippen LogP contribution < -0.4 is 0 Å². The molecule has 0 aliphatic carbocycles. The minimum atomic E-state index is 0.450. The maximum absolute atomic E-state index is 10.3. The van der Waals surface area contributed by atoms with E-state index >= 15 is 0 Å². The van der Waals surface area contributed by atoms with E-state index in [0.717, 1.165) is 17.6 Å². The van der Waals surface area contributed by atoms with Crippen LogP contribution in [-0.4, -0.2) is 11.3 Å². The van der Waals surface area contributed by atoms with E-state index in [-0.39, 0.29) is 0 Å². The highest BCUT2D eigenvalue weighted by molar-refractivity contribution is 5.73. The van der Waals surface area contributed by atoms with Crippen LogP contribution in [0.1, 0.15) is 23.1 Å². The van der Waals surface area contributed by atoms with Crippen molar-refractivity contribution in [3.63, 3.8) is 0 Å². The minimum absolute atomic E-state index is 0.450. The van der Waals surface area contributed by atoms with Crippen molar-refractivity contribution in [1.82, 2.24) is 4.98 Å². The second-order valence-electron chi connectivity index (χ2n) is 2.35. The van der Waals surface area contributed by atoms with E-state index in [9.17, 15) is 4.79 Å². The lowest BCUT2D eigenvalue weighted by Gasteiger charge is -1.97. The van der Waals surface area contributed by atoms with E-state index in [4.69, 9.17) is 0 Å². The molecular weight excluding hydrogens is 138 g/mol. The average Bonchev–Trinajstić information content (AvgIpc) is 2.05. The zero-order valence-corrected chi connectivity index (χ0v) is 6.37. The van der Waals surface area contributed by atoms with Gasteiger partial charge in [-0.25, -0.2) is 4.98 Å². The monoisotopic (exact) mass is 147 g/mol. The number of aromatic nitrogens is 1. The van der Waals surface area contributed by atoms with Gasteiger partial charge < -0.3 is 0 Å². The van der Waals surface area contributed by atoms with Crippen LogP contribution in [0.25, 0.3) is 5.57 Å². The summed E-state index contributed by atoms with van der Waals surface area (Å²) >= 11 is 0. The number of carbonyl (C=O) groups is 1. The van der Waals surface area contributed by atoms with Crippen molar-refractivity contribution in [2.24, 2.45) is 0 Å². The summed E-state index contributed by atoms with van der Waals surface area (Å²) < 4.78 is 0. The SMILES string of the molecule is C=C(C)c1cccc(C=O)n1. The Morgan fingerprint density at radius 3 is 2.91 bits per heavy atom. The molecule has 0 amide bonds. The lowest BCUT2D eigenvalue weighted by Crippen LogP contribution is -1.90. The maximum atomic E-state index is 10.3. The Balaban J connectivity index is 3.10. The summed E-state index contributed by atoms with van der Waals surface area (Å²) in [6.45, 7) is 5.58. The number of allylic oxidation sites excluding steroid dienone is 1. The first kappa shape index (κ1) is 7.66. The van der Waals surface area contributed by atoms with Crippen LogP contribution in [-0.2, 0) is 0 Å². The van der Waals surface area contributed by atoms with Crippen LogP contribution in [0.5, 0.6) is 0 Å². The topological polar surface area (TPSA) is 30.0 Å². The quantitative estimate of drug-likeness (QED) is 0.598. The predicted molar refractivity (Wildman–Crippen MR) is 44.3 cm³/mol. The van der Waals surface area contributed by atoms with Crippen molar-refractivity contribution in [3.05, 3.63) is 36.2 Å². The molecule has 2 nitrogen and oxygen atoms in total. The van der Waals surface area contributed by atoms with Gasteiger partial charge in [-0.3, -0.25) is 4.79 Å². The summed E-state index contributed by atoms with van der Waals surface area (Å²) in [6, 6.07) is 5.29. The third-order valence-electron chi connectivity index (χ3n) is 1.33. The highest BCUT2D eigenvalue weighted by Crippen LogP contribution is 2.07. The second kappa shape index (κ2) is 3.10. The Morgan fingerprint density at radius 1 is 1.64 bits per heavy atom. The molecule has 1 rings (SSSR count). The van der Waals surface area contributed by atoms with Gasteiger partial charge in [0.1, 0.15) is 5.69 Å². The molecule has 0 spiro atoms. The summed E-state index contributed by atoms with van der Waals surface area (Å²) in [7, 11) is 0. The predicted octanol–water partition coefficient (Wildman–Crippen LogP) is 1.93. The molecule has 0 atom stereocenters. The summed E-state index contributed by atoms with van der Waals surface area (Å²) in [5.74, 6) is 0. The van der Waals surface area contributed by atoms with Crippen LogP contribution in [0.15, 0.2) is 24.8 Å². The molecule has 0 aliphatic heterocycles. The molecule has 0 aromatic carbocycles. The molecule has 1 aromatic rings. The van der Waals surface area contributed by atoms with Gasteiger partial charge in [-0.2, -0.15) is 0 Å². The number of nitrogens with zero attached hydrogens (tertiary/aromatic N) is 1. The largest absolute Gasteiger partial charge is 0.296 e. The van der Waals surface area contributed by atoms with E-state index in [2.05, 4.69) is 11.6 Å². The maximum Gasteiger partial charge on any atom is 0.168 e. The van der Waals surface area contributed by atoms with E-state index < -0.39 is 0 Å². The molecule has 0 saturated carbocycles. The van der Waals surface area contributed by atoms with Gasteiger partial charge in [-0.1, -0.05) is 12.6 Å². The first-order chi connectivity index (χ1) is 5.24. The molecule has 0 fully saturated rings. The van der Waals surface area contributed by atoms with Crippen LogP contribution in [0.3, 0.4) is 0 Å². The Kier molecular flexibility index (Phi) is 2.16. The highest BCUT2D eigenvalue weighted by Gasteiger charge is 1.95. The number of carbonyl (C=O) groups excluding carboxylic acids is 1. The lowest BCUT2D eigenvalue weighted by molar-refractivity contribution is 0.111. The van der Waals surface area contributed by atoms with Crippen molar-refractivity contribution in [2.75, 3.05) is 0 Å². The molecule has 1 heterocycles. The van der Waals surface area contributed by atoms with Gasteiger partial charge in [0.05, 0.1) is 5.69 Å². The average molecular weight is 147 g/mol. The Morgan fingerprint density at radius 2 is 2.36 bits per heavy atom. The second-order valence-corrected chi connectivity index (χ2v) is 2.35. The molecule has 11 heavy (non-hydrogen) atoms. The molecule has 0 aliphatic rings. The van der Waals surface area contributed by atoms with Crippen LogP contribution in [0.4, 0.5) is 0 Å². The molecule has 0 bridgehead atoms. The van der Waals surface area contributed by atoms with E-state index in [1.165, 1.54) is 0 Å². The molecule has 1 aromatic heterocycles. The number of hydrogen-bond donors (Lipinski definition) is 0. The van der Waals surface area contributed by atoms with Gasteiger partial charge in [0.25, 0.3) is 0 Å². The van der Waals surface area contributed by atoms with E-state index in [0.29, 0.717) is 5.69 Å². The fourth-order valence-corrected chi connectivity index (χ4v) is 0.755. The van der Waals surface area contributed by atoms with Gasteiger partial charge in [0.15, 0.2) is 6.29 Å². The first-order valence-corrected chi connectivity index (χ1v) is 3.32. The van der Waals surface area contributed by atoms with E-state index in [1.54, 1.807) is 12.1 Å². The van der Waals surface area contributed by atoms with Gasteiger partial charge in [-0.15, -0.1) is 0 Å². The third-order valence-corrected chi connectivity index (χ3v) is 1.33. The first-order valence-electron chi connectivity index (χ1n) is 3.32. The molecular formula is C9H9NO. The van der Waals surface area contributed by atoms with Crippen molar-refractivity contribution >= 4 is 11.9 Å². The van der Waals surface area contributed by atoms with Gasteiger partial charge >= 0.3 is 0 Å². The van der Waals surface area contributed by atoms with Crippen LogP contribution in [0.2, 0.25) is 0 Å². The standard InChI is InChI=1S/C9H9NO/c1-7(2)9-5-3-4-8(6-11)10-9/h3-6H,1H2,2H3. The summed E-state index contributed by atoms with van der Waals surface area (Å²) in [5.41, 5.74) is 2.09. The molecule has 0 saturated heterocycles. The zero-order chi connectivity index (χ0) is 8.27. The number of hydrogen-bond acceptors (Lipinski definition) is 2. The molecule has 56 valence electrons. The van der Waals surface area contributed by atoms with Gasteiger partial charge in [0.2, 0.25) is 0 Å². The van der Waals surface area contributed by atoms with Gasteiger partial charge in [0, 0.05) is 0 Å². The fourth-order valence-electron chi connectivity index (χ4n) is 0.755. The Labute approximate surface area is 65.6 Å². The van der Waals surface area contributed by atoms with Crippen molar-refractivity contribution in [2.45, 2.75) is 6.92 Å². The summed E-state index contributed by atoms with van der Waals surface area (Å²) in [6.07, 6.45) is 0.729. The smallest absolute Gasteiger partial charge is 0.168 e. The number of pyridine rings is 1. The number of aldehydes is 1. The van der Waals surface area contributed by atoms with E-state index in [1.807, 2.05) is 13.0 Å². The van der Waals surface area contributed by atoms with Crippen molar-refractivity contribution in [3.8, 4) is 0 Å². The van der Waals surface area contributed by atoms with Crippen molar-refractivity contribution < 1.29 is 4.79 Å². The summed E-state index contributed by atoms with van der Waals surface area (Å²) in [5, 5.41) is 0. The zero-order valence-electron chi connectivity index (χ0n) is 6.37. The van der Waals surface area contributed by atoms with Crippen molar-refractivity contribution in [1.29, 1.82) is 0 Å². The highest BCUT2D eigenvalue weighted by atomic mass is 16.1. The molecule has 2 heteroatoms. The fraction of sp³-hybridized carbons (Fsp3) is 0.111. The van der Waals surface area contributed by atoms with Crippen LogP contribution in [0, 0.1) is 0 Å². The summed E-state index contributed by atoms with van der Waals surface area (Å²) in [4.78, 5) is 14.3. The van der Waals surface area contributed by atoms with Gasteiger partial charge in [-0.05, 0) is 24.6 Å². The molecule has 0 radical (unpaired) electrons. The Bertz CT molecular complexity index is 291. The number of rotatable bonds is 2. The van der Waals surface area contributed by atoms with Crippen LogP contribution >= 0.6 is 0 Å². The lowest BCUT2D eigenvalue weighted by atomic mass is 10.2. The third kappa shape index (κ3) is 1.74. The normalized spacial score (nSPS) is 9.18. The minimum Gasteiger partial charge on any atom is -0.296 e. The molecule has 0 unspecified atom stereocenters. The Hall–Kier alpha value is -1.44. The molecule has 0 N–H and O–H groups in total.